The van der Waals surface area contributed by atoms with Crippen LogP contribution in [-0.2, 0) is 0 Å². The molecule has 3 heteroatoms. The van der Waals surface area contributed by atoms with Gasteiger partial charge in [-0.05, 0) is 39.8 Å². The normalized spacial score (nSPS) is 13.3. The molecule has 0 aliphatic rings. The Morgan fingerprint density at radius 2 is 2.25 bits per heavy atom. The van der Waals surface area contributed by atoms with Gasteiger partial charge in [-0.3, -0.25) is 4.68 Å². The van der Waals surface area contributed by atoms with Crippen LogP contribution in [0.15, 0.2) is 6.07 Å². The minimum atomic E-state index is 0.420. The largest absolute Gasteiger partial charge is 0.330 e. The molecule has 1 aromatic heterocycles. The first-order chi connectivity index (χ1) is 5.65. The lowest BCUT2D eigenvalue weighted by Crippen LogP contribution is -2.13. The van der Waals surface area contributed by atoms with E-state index in [0.717, 1.165) is 18.7 Å². The molecule has 1 atom stereocenters. The van der Waals surface area contributed by atoms with Gasteiger partial charge in [-0.2, -0.15) is 5.10 Å². The van der Waals surface area contributed by atoms with Crippen molar-refractivity contribution < 1.29 is 0 Å². The van der Waals surface area contributed by atoms with Crippen LogP contribution >= 0.6 is 0 Å². The van der Waals surface area contributed by atoms with Gasteiger partial charge < -0.3 is 5.73 Å². The van der Waals surface area contributed by atoms with Gasteiger partial charge in [-0.15, -0.1) is 0 Å². The predicted molar refractivity (Wildman–Crippen MR) is 50.1 cm³/mol. The van der Waals surface area contributed by atoms with Crippen LogP contribution in [0.1, 0.15) is 30.8 Å². The fourth-order valence-corrected chi connectivity index (χ4v) is 1.46. The molecule has 0 saturated heterocycles. The van der Waals surface area contributed by atoms with Crippen LogP contribution in [-0.4, -0.2) is 16.3 Å². The summed E-state index contributed by atoms with van der Waals surface area (Å²) in [7, 11) is 0. The van der Waals surface area contributed by atoms with E-state index in [1.54, 1.807) is 0 Å². The van der Waals surface area contributed by atoms with E-state index in [1.165, 1.54) is 5.69 Å². The van der Waals surface area contributed by atoms with Gasteiger partial charge in [-0.1, -0.05) is 0 Å². The van der Waals surface area contributed by atoms with E-state index in [4.69, 9.17) is 5.73 Å². The zero-order valence-corrected chi connectivity index (χ0v) is 8.04. The van der Waals surface area contributed by atoms with Crippen molar-refractivity contribution in [1.82, 2.24) is 9.78 Å². The first-order valence-corrected chi connectivity index (χ1v) is 4.38. The number of hydrogen-bond acceptors (Lipinski definition) is 2. The highest BCUT2D eigenvalue weighted by Gasteiger charge is 2.07. The standard InChI is InChI=1S/C9H17N3/c1-7-6-9(3)12(11-7)8(2)4-5-10/h6,8H,4-5,10H2,1-3H3/t8-/m0/s1. The Labute approximate surface area is 73.6 Å². The van der Waals surface area contributed by atoms with Gasteiger partial charge in [0.1, 0.15) is 0 Å². The van der Waals surface area contributed by atoms with Crippen molar-refractivity contribution in [3.05, 3.63) is 17.5 Å². The van der Waals surface area contributed by atoms with Gasteiger partial charge in [0, 0.05) is 5.69 Å². The Morgan fingerprint density at radius 1 is 1.58 bits per heavy atom. The molecule has 0 aromatic carbocycles. The Balaban J connectivity index is 2.79. The van der Waals surface area contributed by atoms with Gasteiger partial charge in [-0.25, -0.2) is 0 Å². The Morgan fingerprint density at radius 3 is 2.67 bits per heavy atom. The summed E-state index contributed by atoms with van der Waals surface area (Å²) in [6.07, 6.45) is 0.988. The van der Waals surface area contributed by atoms with E-state index in [9.17, 15) is 0 Å². The highest BCUT2D eigenvalue weighted by atomic mass is 15.3. The Hall–Kier alpha value is -0.830. The molecule has 0 saturated carbocycles. The van der Waals surface area contributed by atoms with Crippen molar-refractivity contribution in [1.29, 1.82) is 0 Å². The van der Waals surface area contributed by atoms with Crippen LogP contribution in [0, 0.1) is 13.8 Å². The monoisotopic (exact) mass is 167 g/mol. The molecule has 3 nitrogen and oxygen atoms in total. The second-order valence-corrected chi connectivity index (χ2v) is 3.30. The molecule has 1 rings (SSSR count). The topological polar surface area (TPSA) is 43.8 Å². The SMILES string of the molecule is Cc1cc(C)n([C@@H](C)CCN)n1. The Kier molecular flexibility index (Phi) is 2.87. The molecular formula is C9H17N3. The fraction of sp³-hybridized carbons (Fsp3) is 0.667. The van der Waals surface area contributed by atoms with Gasteiger partial charge in [0.15, 0.2) is 0 Å². The van der Waals surface area contributed by atoms with Crippen molar-refractivity contribution in [2.45, 2.75) is 33.2 Å². The lowest BCUT2D eigenvalue weighted by atomic mass is 10.2. The van der Waals surface area contributed by atoms with Crippen LogP contribution in [0.2, 0.25) is 0 Å². The fourth-order valence-electron chi connectivity index (χ4n) is 1.46. The summed E-state index contributed by atoms with van der Waals surface area (Å²) in [4.78, 5) is 0. The van der Waals surface area contributed by atoms with Crippen molar-refractivity contribution in [3.63, 3.8) is 0 Å². The number of aryl methyl sites for hydroxylation is 2. The lowest BCUT2D eigenvalue weighted by molar-refractivity contribution is 0.454. The third kappa shape index (κ3) is 1.85. The van der Waals surface area contributed by atoms with Crippen LogP contribution in [0.5, 0.6) is 0 Å². The maximum atomic E-state index is 5.48. The number of nitrogens with zero attached hydrogens (tertiary/aromatic N) is 2. The average Bonchev–Trinajstić information content (AvgIpc) is 2.30. The van der Waals surface area contributed by atoms with E-state index in [2.05, 4.69) is 25.0 Å². The summed E-state index contributed by atoms with van der Waals surface area (Å²) in [5, 5.41) is 4.39. The molecule has 0 bridgehead atoms. The van der Waals surface area contributed by atoms with E-state index < -0.39 is 0 Å². The van der Waals surface area contributed by atoms with Crippen molar-refractivity contribution in [2.24, 2.45) is 5.73 Å². The minimum absolute atomic E-state index is 0.420. The van der Waals surface area contributed by atoms with E-state index >= 15 is 0 Å². The zero-order chi connectivity index (χ0) is 9.14. The number of hydrogen-bond donors (Lipinski definition) is 1. The highest BCUT2D eigenvalue weighted by molar-refractivity contribution is 5.07. The van der Waals surface area contributed by atoms with E-state index in [0.29, 0.717) is 6.04 Å². The third-order valence-corrected chi connectivity index (χ3v) is 2.05. The maximum absolute atomic E-state index is 5.48. The molecule has 0 aliphatic heterocycles. The number of nitrogens with two attached hydrogens (primary N) is 1. The first kappa shape index (κ1) is 9.26. The van der Waals surface area contributed by atoms with E-state index in [-0.39, 0.29) is 0 Å². The Bertz CT molecular complexity index is 252. The quantitative estimate of drug-likeness (QED) is 0.739. The summed E-state index contributed by atoms with van der Waals surface area (Å²) < 4.78 is 2.04. The smallest absolute Gasteiger partial charge is 0.0596 e. The number of aromatic nitrogens is 2. The van der Waals surface area contributed by atoms with Crippen molar-refractivity contribution in [3.8, 4) is 0 Å². The lowest BCUT2D eigenvalue weighted by Gasteiger charge is -2.12. The van der Waals surface area contributed by atoms with Gasteiger partial charge >= 0.3 is 0 Å². The molecule has 0 spiro atoms. The molecular weight excluding hydrogens is 150 g/mol. The molecule has 0 fully saturated rings. The summed E-state index contributed by atoms with van der Waals surface area (Å²) in [5.74, 6) is 0. The predicted octanol–water partition coefficient (Wildman–Crippen LogP) is 1.41. The van der Waals surface area contributed by atoms with Crippen molar-refractivity contribution in [2.75, 3.05) is 6.54 Å². The first-order valence-electron chi connectivity index (χ1n) is 4.38. The maximum Gasteiger partial charge on any atom is 0.0596 e. The van der Waals surface area contributed by atoms with Crippen LogP contribution in [0.3, 0.4) is 0 Å². The van der Waals surface area contributed by atoms with Crippen LogP contribution in [0.4, 0.5) is 0 Å². The summed E-state index contributed by atoms with van der Waals surface area (Å²) in [5.41, 5.74) is 7.78. The van der Waals surface area contributed by atoms with Gasteiger partial charge in [0.05, 0.1) is 11.7 Å². The zero-order valence-electron chi connectivity index (χ0n) is 8.04. The molecule has 12 heavy (non-hydrogen) atoms. The molecule has 1 aromatic rings. The van der Waals surface area contributed by atoms with Gasteiger partial charge in [0.25, 0.3) is 0 Å². The minimum Gasteiger partial charge on any atom is -0.330 e. The molecule has 68 valence electrons. The highest BCUT2D eigenvalue weighted by Crippen LogP contribution is 2.12. The van der Waals surface area contributed by atoms with Crippen molar-refractivity contribution >= 4 is 0 Å². The number of rotatable bonds is 3. The summed E-state index contributed by atoms with van der Waals surface area (Å²) >= 11 is 0. The molecule has 0 amide bonds. The molecule has 2 N–H and O–H groups in total. The van der Waals surface area contributed by atoms with Gasteiger partial charge in [0.2, 0.25) is 0 Å². The second-order valence-electron chi connectivity index (χ2n) is 3.30. The molecule has 0 unspecified atom stereocenters. The summed E-state index contributed by atoms with van der Waals surface area (Å²) in [6.45, 7) is 6.96. The van der Waals surface area contributed by atoms with E-state index in [1.807, 2.05) is 11.6 Å². The third-order valence-electron chi connectivity index (χ3n) is 2.05. The second kappa shape index (κ2) is 3.72. The van der Waals surface area contributed by atoms with Crippen LogP contribution in [0.25, 0.3) is 0 Å². The molecule has 1 heterocycles. The summed E-state index contributed by atoms with van der Waals surface area (Å²) in [6, 6.07) is 2.51. The average molecular weight is 167 g/mol. The molecule has 0 aliphatic carbocycles. The van der Waals surface area contributed by atoms with Crippen LogP contribution < -0.4 is 5.73 Å². The molecule has 0 radical (unpaired) electrons.